The topological polar surface area (TPSA) is 50.7 Å². The maximum Gasteiger partial charge on any atom is 0.231 e. The van der Waals surface area contributed by atoms with Crippen LogP contribution < -0.4 is 5.32 Å². The van der Waals surface area contributed by atoms with Gasteiger partial charge in [0, 0.05) is 16.8 Å². The number of rotatable bonds is 4. The van der Waals surface area contributed by atoms with Crippen molar-refractivity contribution in [2.24, 2.45) is 0 Å². The van der Waals surface area contributed by atoms with Crippen LogP contribution in [0.15, 0.2) is 91.0 Å². The van der Waals surface area contributed by atoms with Gasteiger partial charge >= 0.3 is 0 Å². The minimum atomic E-state index is 0.527. The van der Waals surface area contributed by atoms with Crippen molar-refractivity contribution in [3.05, 3.63) is 91.0 Å². The first-order valence-electron chi connectivity index (χ1n) is 8.07. The van der Waals surface area contributed by atoms with E-state index >= 15 is 0 Å². The van der Waals surface area contributed by atoms with Crippen LogP contribution in [0.3, 0.4) is 0 Å². The van der Waals surface area contributed by atoms with E-state index in [9.17, 15) is 0 Å². The smallest absolute Gasteiger partial charge is 0.231 e. The molecule has 0 atom stereocenters. The Morgan fingerprint density at radius 1 is 0.480 bits per heavy atom. The van der Waals surface area contributed by atoms with E-state index in [0.29, 0.717) is 17.6 Å². The van der Waals surface area contributed by atoms with E-state index in [-0.39, 0.29) is 0 Å². The van der Waals surface area contributed by atoms with E-state index < -0.39 is 0 Å². The molecule has 25 heavy (non-hydrogen) atoms. The van der Waals surface area contributed by atoms with Crippen molar-refractivity contribution in [1.29, 1.82) is 0 Å². The summed E-state index contributed by atoms with van der Waals surface area (Å²) in [4.78, 5) is 13.8. The van der Waals surface area contributed by atoms with Gasteiger partial charge in [-0.3, -0.25) is 0 Å². The van der Waals surface area contributed by atoms with Crippen LogP contribution in [0.2, 0.25) is 0 Å². The summed E-state index contributed by atoms with van der Waals surface area (Å²) in [5.41, 5.74) is 2.85. The zero-order valence-corrected chi connectivity index (χ0v) is 13.5. The highest BCUT2D eigenvalue weighted by atomic mass is 15.2. The molecule has 0 saturated carbocycles. The van der Waals surface area contributed by atoms with Crippen molar-refractivity contribution in [1.82, 2.24) is 15.0 Å². The van der Waals surface area contributed by atoms with E-state index in [1.165, 1.54) is 0 Å². The third kappa shape index (κ3) is 3.53. The van der Waals surface area contributed by atoms with E-state index in [2.05, 4.69) is 20.3 Å². The Balaban J connectivity index is 1.80. The summed E-state index contributed by atoms with van der Waals surface area (Å²) >= 11 is 0. The van der Waals surface area contributed by atoms with Crippen molar-refractivity contribution >= 4 is 11.6 Å². The molecule has 4 aromatic rings. The zero-order valence-electron chi connectivity index (χ0n) is 13.5. The molecule has 0 fully saturated rings. The normalized spacial score (nSPS) is 10.4. The van der Waals surface area contributed by atoms with Crippen molar-refractivity contribution in [2.45, 2.75) is 0 Å². The predicted octanol–water partition coefficient (Wildman–Crippen LogP) is 4.95. The molecular weight excluding hydrogens is 308 g/mol. The van der Waals surface area contributed by atoms with Crippen LogP contribution in [-0.2, 0) is 0 Å². The van der Waals surface area contributed by atoms with Crippen LogP contribution in [0.25, 0.3) is 22.8 Å². The molecule has 0 aliphatic rings. The average molecular weight is 324 g/mol. The molecule has 0 spiro atoms. The molecule has 1 aromatic heterocycles. The third-order valence-corrected chi connectivity index (χ3v) is 3.73. The lowest BCUT2D eigenvalue weighted by Crippen LogP contribution is -2.03. The summed E-state index contributed by atoms with van der Waals surface area (Å²) in [5.74, 6) is 1.82. The maximum absolute atomic E-state index is 4.65. The Labute approximate surface area is 146 Å². The van der Waals surface area contributed by atoms with E-state index in [0.717, 1.165) is 16.8 Å². The highest BCUT2D eigenvalue weighted by molar-refractivity contribution is 5.64. The summed E-state index contributed by atoms with van der Waals surface area (Å²) in [6.45, 7) is 0. The summed E-state index contributed by atoms with van der Waals surface area (Å²) in [6.07, 6.45) is 0. The number of benzene rings is 3. The van der Waals surface area contributed by atoms with Gasteiger partial charge < -0.3 is 5.32 Å². The molecule has 3 aromatic carbocycles. The maximum atomic E-state index is 4.65. The molecule has 4 nitrogen and oxygen atoms in total. The number of aromatic nitrogens is 3. The number of para-hydroxylation sites is 1. The minimum Gasteiger partial charge on any atom is -0.324 e. The predicted molar refractivity (Wildman–Crippen MR) is 100 cm³/mol. The number of nitrogens with zero attached hydrogens (tertiary/aromatic N) is 3. The number of nitrogens with one attached hydrogen (secondary N) is 1. The van der Waals surface area contributed by atoms with Gasteiger partial charge in [0.2, 0.25) is 5.95 Å². The van der Waals surface area contributed by atoms with Crippen LogP contribution in [0.5, 0.6) is 0 Å². The molecule has 1 N–H and O–H groups in total. The molecule has 0 bridgehead atoms. The summed E-state index contributed by atoms with van der Waals surface area (Å²) in [6, 6.07) is 29.7. The zero-order chi connectivity index (χ0) is 16.9. The van der Waals surface area contributed by atoms with Gasteiger partial charge in [-0.25, -0.2) is 4.98 Å². The van der Waals surface area contributed by atoms with Gasteiger partial charge in [-0.05, 0) is 12.1 Å². The quantitative estimate of drug-likeness (QED) is 0.577. The van der Waals surface area contributed by atoms with Crippen molar-refractivity contribution < 1.29 is 0 Å². The Kier molecular flexibility index (Phi) is 4.16. The van der Waals surface area contributed by atoms with Gasteiger partial charge in [-0.2, -0.15) is 9.97 Å². The first-order valence-corrected chi connectivity index (χ1v) is 8.07. The largest absolute Gasteiger partial charge is 0.324 e. The monoisotopic (exact) mass is 324 g/mol. The van der Waals surface area contributed by atoms with Gasteiger partial charge in [0.25, 0.3) is 0 Å². The standard InChI is InChI=1S/C21H16N4/c1-4-10-16(11-5-1)19-23-20(17-12-6-2-7-13-17)25-21(24-19)22-18-14-8-3-9-15-18/h1-15H,(H,22,23,24,25). The molecular formula is C21H16N4. The van der Waals surface area contributed by atoms with Gasteiger partial charge in [0.05, 0.1) is 0 Å². The fraction of sp³-hybridized carbons (Fsp3) is 0. The SMILES string of the molecule is c1ccc(Nc2nc(-c3ccccc3)nc(-c3ccccc3)n2)cc1. The van der Waals surface area contributed by atoms with Crippen molar-refractivity contribution in [3.8, 4) is 22.8 Å². The molecule has 0 unspecified atom stereocenters. The fourth-order valence-electron chi connectivity index (χ4n) is 2.52. The van der Waals surface area contributed by atoms with E-state index in [1.54, 1.807) is 0 Å². The molecule has 4 rings (SSSR count). The first-order chi connectivity index (χ1) is 12.4. The summed E-state index contributed by atoms with van der Waals surface area (Å²) in [7, 11) is 0. The van der Waals surface area contributed by atoms with Gasteiger partial charge in [-0.1, -0.05) is 78.9 Å². The molecule has 0 saturated heterocycles. The fourth-order valence-corrected chi connectivity index (χ4v) is 2.52. The second kappa shape index (κ2) is 6.93. The molecule has 0 aliphatic carbocycles. The summed E-state index contributed by atoms with van der Waals surface area (Å²) in [5, 5.41) is 3.26. The Morgan fingerprint density at radius 2 is 0.920 bits per heavy atom. The summed E-state index contributed by atoms with van der Waals surface area (Å²) < 4.78 is 0. The number of hydrogen-bond donors (Lipinski definition) is 1. The highest BCUT2D eigenvalue weighted by Crippen LogP contribution is 2.22. The Bertz CT molecular complexity index is 897. The molecule has 120 valence electrons. The lowest BCUT2D eigenvalue weighted by atomic mass is 10.2. The number of hydrogen-bond acceptors (Lipinski definition) is 4. The van der Waals surface area contributed by atoms with Gasteiger partial charge in [-0.15, -0.1) is 0 Å². The van der Waals surface area contributed by atoms with Crippen molar-refractivity contribution in [3.63, 3.8) is 0 Å². The molecule has 1 heterocycles. The van der Waals surface area contributed by atoms with Crippen LogP contribution >= 0.6 is 0 Å². The van der Waals surface area contributed by atoms with Gasteiger partial charge in [0.15, 0.2) is 11.6 Å². The first kappa shape index (κ1) is 15.0. The lowest BCUT2D eigenvalue weighted by Gasteiger charge is -2.09. The molecule has 0 amide bonds. The molecule has 4 heteroatoms. The highest BCUT2D eigenvalue weighted by Gasteiger charge is 2.10. The molecule has 0 radical (unpaired) electrons. The van der Waals surface area contributed by atoms with Crippen molar-refractivity contribution in [2.75, 3.05) is 5.32 Å². The van der Waals surface area contributed by atoms with Crippen LogP contribution in [0.4, 0.5) is 11.6 Å². The second-order valence-electron chi connectivity index (χ2n) is 5.53. The van der Waals surface area contributed by atoms with Crippen LogP contribution in [-0.4, -0.2) is 15.0 Å². The van der Waals surface area contributed by atoms with E-state index in [4.69, 9.17) is 0 Å². The second-order valence-corrected chi connectivity index (χ2v) is 5.53. The Morgan fingerprint density at radius 3 is 1.40 bits per heavy atom. The van der Waals surface area contributed by atoms with E-state index in [1.807, 2.05) is 91.0 Å². The number of anilines is 2. The Hall–Kier alpha value is -3.53. The third-order valence-electron chi connectivity index (χ3n) is 3.73. The average Bonchev–Trinajstić information content (AvgIpc) is 2.70. The lowest BCUT2D eigenvalue weighted by molar-refractivity contribution is 1.07. The molecule has 0 aliphatic heterocycles. The van der Waals surface area contributed by atoms with Crippen LogP contribution in [0.1, 0.15) is 0 Å². The van der Waals surface area contributed by atoms with Gasteiger partial charge in [0.1, 0.15) is 0 Å². The van der Waals surface area contributed by atoms with Crippen LogP contribution in [0, 0.1) is 0 Å². The minimum absolute atomic E-state index is 0.527.